The maximum Gasteiger partial charge on any atom is 0.322 e. The zero-order valence-electron chi connectivity index (χ0n) is 4.50. The van der Waals surface area contributed by atoms with Crippen molar-refractivity contribution in [1.29, 1.82) is 0 Å². The van der Waals surface area contributed by atoms with E-state index in [9.17, 15) is 4.79 Å². The van der Waals surface area contributed by atoms with Crippen LogP contribution >= 0.6 is 0 Å². The lowest BCUT2D eigenvalue weighted by molar-refractivity contribution is -0.122. The van der Waals surface area contributed by atoms with Crippen LogP contribution in [0.1, 0.15) is 0 Å². The van der Waals surface area contributed by atoms with E-state index < -0.39 is 0 Å². The van der Waals surface area contributed by atoms with Crippen LogP contribution in [-0.2, 0) is 4.79 Å². The van der Waals surface area contributed by atoms with Crippen molar-refractivity contribution in [2.75, 3.05) is 0 Å². The third-order valence-electron chi connectivity index (χ3n) is 0.512. The Balaban J connectivity index is 0.000000187. The molecule has 5 nitrogen and oxygen atoms in total. The minimum absolute atomic E-state index is 0.157. The van der Waals surface area contributed by atoms with Crippen LogP contribution in [0.15, 0.2) is 17.2 Å². The third-order valence-corrected chi connectivity index (χ3v) is 0.512. The molecule has 0 spiro atoms. The largest absolute Gasteiger partial charge is 0.483 e. The van der Waals surface area contributed by atoms with Crippen molar-refractivity contribution < 1.29 is 9.90 Å². The Morgan fingerprint density at radius 2 is 1.78 bits per heavy atom. The van der Waals surface area contributed by atoms with E-state index in [0.717, 1.165) is 0 Å². The lowest BCUT2D eigenvalue weighted by atomic mass is 11.0. The second-order valence-corrected chi connectivity index (χ2v) is 1.06. The lowest BCUT2D eigenvalue weighted by Crippen LogP contribution is -1.98. The van der Waals surface area contributed by atoms with Gasteiger partial charge in [-0.1, -0.05) is 0 Å². The van der Waals surface area contributed by atoms with Gasteiger partial charge in [0.05, 0.1) is 0 Å². The van der Waals surface area contributed by atoms with Crippen molar-refractivity contribution in [3.05, 3.63) is 22.9 Å². The Labute approximate surface area is 50.3 Å². The molecule has 0 aliphatic rings. The summed E-state index contributed by atoms with van der Waals surface area (Å²) in [6.45, 7) is -0.250. The molecule has 0 radical (unpaired) electrons. The molecular formula is C4H6N2O3. The van der Waals surface area contributed by atoms with Gasteiger partial charge in [0.15, 0.2) is 0 Å². The average molecular weight is 130 g/mol. The Hall–Kier alpha value is -1.52. The molecule has 0 saturated heterocycles. The Morgan fingerprint density at radius 3 is 1.89 bits per heavy atom. The fourth-order valence-corrected chi connectivity index (χ4v) is 0.276. The molecule has 0 fully saturated rings. The third kappa shape index (κ3) is 4.33. The van der Waals surface area contributed by atoms with Gasteiger partial charge in [0.25, 0.3) is 6.47 Å². The summed E-state index contributed by atoms with van der Waals surface area (Å²) in [4.78, 5) is 23.1. The molecule has 5 heteroatoms. The van der Waals surface area contributed by atoms with Crippen LogP contribution in [0.25, 0.3) is 0 Å². The summed E-state index contributed by atoms with van der Waals surface area (Å²) in [5.74, 6) is 0. The number of nitrogens with one attached hydrogen (secondary N) is 2. The van der Waals surface area contributed by atoms with Gasteiger partial charge in [-0.05, 0) is 0 Å². The van der Waals surface area contributed by atoms with E-state index in [1.807, 2.05) is 0 Å². The number of carbonyl (C=O) groups is 1. The molecule has 0 atom stereocenters. The van der Waals surface area contributed by atoms with Gasteiger partial charge < -0.3 is 15.1 Å². The van der Waals surface area contributed by atoms with Gasteiger partial charge in [0.1, 0.15) is 0 Å². The topological polar surface area (TPSA) is 85.9 Å². The standard InChI is InChI=1S/C3H4N2O.CH2O2/c6-3-4-1-2-5-3;2-1-3/h1-2H,(H2,4,5,6);1H,(H,2,3). The SMILES string of the molecule is O=CO.O=c1[nH]cc[nH]1. The lowest BCUT2D eigenvalue weighted by Gasteiger charge is -1.52. The highest BCUT2D eigenvalue weighted by molar-refractivity contribution is 5.32. The second-order valence-electron chi connectivity index (χ2n) is 1.06. The molecule has 1 heterocycles. The van der Waals surface area contributed by atoms with E-state index in [0.29, 0.717) is 0 Å². The molecule has 0 bridgehead atoms. The number of aromatic nitrogens is 2. The first-order valence-corrected chi connectivity index (χ1v) is 2.11. The smallest absolute Gasteiger partial charge is 0.322 e. The van der Waals surface area contributed by atoms with Crippen molar-refractivity contribution >= 4 is 6.47 Å². The summed E-state index contributed by atoms with van der Waals surface area (Å²) in [6, 6.07) is 0. The first kappa shape index (κ1) is 7.48. The summed E-state index contributed by atoms with van der Waals surface area (Å²) in [6.07, 6.45) is 3.09. The van der Waals surface area contributed by atoms with Gasteiger partial charge in [-0.15, -0.1) is 0 Å². The molecule has 0 aromatic carbocycles. The fraction of sp³-hybridized carbons (Fsp3) is 0. The quantitative estimate of drug-likeness (QED) is 0.410. The summed E-state index contributed by atoms with van der Waals surface area (Å²) < 4.78 is 0. The van der Waals surface area contributed by atoms with Gasteiger partial charge in [-0.25, -0.2) is 4.79 Å². The van der Waals surface area contributed by atoms with E-state index >= 15 is 0 Å². The second kappa shape index (κ2) is 4.63. The zero-order chi connectivity index (χ0) is 7.11. The molecule has 0 aliphatic carbocycles. The van der Waals surface area contributed by atoms with Gasteiger partial charge >= 0.3 is 5.69 Å². The van der Waals surface area contributed by atoms with E-state index in [1.165, 1.54) is 0 Å². The van der Waals surface area contributed by atoms with Gasteiger partial charge in [-0.3, -0.25) is 4.79 Å². The first-order valence-electron chi connectivity index (χ1n) is 2.11. The van der Waals surface area contributed by atoms with Gasteiger partial charge in [0.2, 0.25) is 0 Å². The monoisotopic (exact) mass is 130 g/mol. The molecule has 0 saturated carbocycles. The van der Waals surface area contributed by atoms with Gasteiger partial charge in [-0.2, -0.15) is 0 Å². The number of H-pyrrole nitrogens is 2. The van der Waals surface area contributed by atoms with Crippen molar-refractivity contribution in [2.24, 2.45) is 0 Å². The molecule has 1 aromatic rings. The highest BCUT2D eigenvalue weighted by Gasteiger charge is 1.69. The van der Waals surface area contributed by atoms with Crippen LogP contribution in [0.2, 0.25) is 0 Å². The molecule has 0 aliphatic heterocycles. The van der Waals surface area contributed by atoms with Crippen LogP contribution in [-0.4, -0.2) is 21.5 Å². The van der Waals surface area contributed by atoms with Crippen molar-refractivity contribution in [3.63, 3.8) is 0 Å². The molecule has 50 valence electrons. The van der Waals surface area contributed by atoms with Crippen molar-refractivity contribution in [2.45, 2.75) is 0 Å². The normalized spacial score (nSPS) is 7.11. The number of hydrogen-bond donors (Lipinski definition) is 3. The minimum Gasteiger partial charge on any atom is -0.483 e. The number of carboxylic acid groups (broad SMARTS) is 1. The summed E-state index contributed by atoms with van der Waals surface area (Å²) in [5.41, 5.74) is -0.157. The average Bonchev–Trinajstić information content (AvgIpc) is 2.20. The molecule has 0 amide bonds. The number of rotatable bonds is 0. The predicted molar refractivity (Wildman–Crippen MR) is 30.1 cm³/mol. The summed E-state index contributed by atoms with van der Waals surface area (Å²) in [5, 5.41) is 6.89. The maximum absolute atomic E-state index is 9.96. The minimum atomic E-state index is -0.250. The number of hydrogen-bond acceptors (Lipinski definition) is 2. The summed E-state index contributed by atoms with van der Waals surface area (Å²) >= 11 is 0. The van der Waals surface area contributed by atoms with Crippen LogP contribution in [0.4, 0.5) is 0 Å². The van der Waals surface area contributed by atoms with E-state index in [2.05, 4.69) is 9.97 Å². The molecule has 1 aromatic heterocycles. The highest BCUT2D eigenvalue weighted by Crippen LogP contribution is 1.54. The van der Waals surface area contributed by atoms with Crippen LogP contribution < -0.4 is 5.69 Å². The Morgan fingerprint density at radius 1 is 1.44 bits per heavy atom. The van der Waals surface area contributed by atoms with Gasteiger partial charge in [0, 0.05) is 12.4 Å². The fourth-order valence-electron chi connectivity index (χ4n) is 0.276. The van der Waals surface area contributed by atoms with Crippen LogP contribution in [0.3, 0.4) is 0 Å². The molecule has 3 N–H and O–H groups in total. The zero-order valence-corrected chi connectivity index (χ0v) is 4.50. The molecule has 9 heavy (non-hydrogen) atoms. The number of aromatic amines is 2. The maximum atomic E-state index is 9.96. The molecular weight excluding hydrogens is 124 g/mol. The predicted octanol–water partition coefficient (Wildman–Crippen LogP) is -0.596. The highest BCUT2D eigenvalue weighted by atomic mass is 16.3. The molecule has 1 rings (SSSR count). The van der Waals surface area contributed by atoms with Crippen LogP contribution in [0.5, 0.6) is 0 Å². The molecule has 0 unspecified atom stereocenters. The van der Waals surface area contributed by atoms with E-state index in [1.54, 1.807) is 12.4 Å². The van der Waals surface area contributed by atoms with Crippen molar-refractivity contribution in [3.8, 4) is 0 Å². The Bertz CT molecular complexity index is 185. The Kier molecular flexibility index (Phi) is 3.85. The van der Waals surface area contributed by atoms with Crippen molar-refractivity contribution in [1.82, 2.24) is 9.97 Å². The number of imidazole rings is 1. The van der Waals surface area contributed by atoms with E-state index in [4.69, 9.17) is 9.90 Å². The summed E-state index contributed by atoms with van der Waals surface area (Å²) in [7, 11) is 0. The van der Waals surface area contributed by atoms with E-state index in [-0.39, 0.29) is 12.2 Å². The van der Waals surface area contributed by atoms with Crippen LogP contribution in [0, 0.1) is 0 Å². The first-order chi connectivity index (χ1) is 4.31.